The van der Waals surface area contributed by atoms with Crippen LogP contribution in [0.4, 0.5) is 23.7 Å². The summed E-state index contributed by atoms with van der Waals surface area (Å²) < 4.78 is 47.5. The highest BCUT2D eigenvalue weighted by Gasteiger charge is 2.37. The maximum atomic E-state index is 14.1. The molecule has 3 aromatic carbocycles. The van der Waals surface area contributed by atoms with Gasteiger partial charge in [0.1, 0.15) is 17.5 Å². The lowest BCUT2D eigenvalue weighted by Crippen LogP contribution is -2.46. The summed E-state index contributed by atoms with van der Waals surface area (Å²) in [6, 6.07) is 13.7. The van der Waals surface area contributed by atoms with Gasteiger partial charge in [0.2, 0.25) is 5.82 Å². The van der Waals surface area contributed by atoms with E-state index in [4.69, 9.17) is 16.1 Å². The number of benzene rings is 3. The Morgan fingerprint density at radius 1 is 0.971 bits per heavy atom. The fourth-order valence-electron chi connectivity index (χ4n) is 4.01. The average Bonchev–Trinajstić information content (AvgIpc) is 3.28. The number of carbonyl (C=O) groups is 1. The Labute approximate surface area is 202 Å². The van der Waals surface area contributed by atoms with Gasteiger partial charge in [-0.1, -0.05) is 41.0 Å². The Morgan fingerprint density at radius 3 is 2.43 bits per heavy atom. The largest absolute Gasteiger partial charge is 0.334 e. The van der Waals surface area contributed by atoms with Crippen molar-refractivity contribution in [3.05, 3.63) is 106 Å². The van der Waals surface area contributed by atoms with Crippen molar-refractivity contribution in [2.24, 2.45) is 0 Å². The summed E-state index contributed by atoms with van der Waals surface area (Å²) >= 11 is 6.07. The van der Waals surface area contributed by atoms with E-state index >= 15 is 0 Å². The first kappa shape index (κ1) is 22.7. The molecule has 1 aliphatic heterocycles. The van der Waals surface area contributed by atoms with Gasteiger partial charge in [-0.15, -0.1) is 0 Å². The second-order valence-corrected chi connectivity index (χ2v) is 8.27. The Morgan fingerprint density at radius 2 is 1.71 bits per heavy atom. The van der Waals surface area contributed by atoms with Gasteiger partial charge in [0.05, 0.1) is 17.3 Å². The third-order valence-electron chi connectivity index (χ3n) is 5.51. The number of nitrogens with zero attached hydrogens (tertiary/aromatic N) is 3. The Bertz CT molecular complexity index is 1470. The van der Waals surface area contributed by atoms with Crippen molar-refractivity contribution >= 4 is 28.9 Å². The predicted molar refractivity (Wildman–Crippen MR) is 124 cm³/mol. The molecule has 4 aromatic rings. The van der Waals surface area contributed by atoms with Crippen molar-refractivity contribution in [2.45, 2.75) is 13.0 Å². The van der Waals surface area contributed by atoms with Gasteiger partial charge < -0.3 is 9.84 Å². The van der Waals surface area contributed by atoms with Gasteiger partial charge in [-0.2, -0.15) is 4.98 Å². The minimum Gasteiger partial charge on any atom is -0.334 e. The topological polar surface area (TPSA) is 71.3 Å². The zero-order valence-corrected chi connectivity index (χ0v) is 18.9. The number of urea groups is 1. The van der Waals surface area contributed by atoms with Gasteiger partial charge >= 0.3 is 6.03 Å². The van der Waals surface area contributed by atoms with Crippen LogP contribution in [0.3, 0.4) is 0 Å². The zero-order valence-electron chi connectivity index (χ0n) is 18.1. The molecule has 0 radical (unpaired) electrons. The molecule has 0 fully saturated rings. The van der Waals surface area contributed by atoms with Crippen molar-refractivity contribution in [2.75, 3.05) is 4.90 Å². The number of hydrogen-bond donors (Lipinski definition) is 1. The smallest absolute Gasteiger partial charge is 0.327 e. The third-order valence-corrected chi connectivity index (χ3v) is 5.75. The number of rotatable bonds is 4. The van der Waals surface area contributed by atoms with E-state index in [9.17, 15) is 18.0 Å². The SMILES string of the molecule is CC1=C(c2nc(-c3cccc(Cl)c3)no2)C(c2cccc(F)c2)NC(=O)N1c1cc(F)cc(F)c1. The molecule has 176 valence electrons. The van der Waals surface area contributed by atoms with Crippen molar-refractivity contribution < 1.29 is 22.5 Å². The molecule has 1 N–H and O–H groups in total. The molecular formula is C25H16ClF3N4O2. The molecule has 0 saturated carbocycles. The van der Waals surface area contributed by atoms with Crippen molar-refractivity contribution in [1.29, 1.82) is 0 Å². The molecule has 2 amide bonds. The standard InChI is InChI=1S/C25H16ClF3N4O2/c1-13-21(24-31-23(32-35-24)15-5-2-6-16(26)8-15)22(14-4-3-7-17(27)9-14)30-25(34)33(13)20-11-18(28)10-19(29)12-20/h2-12,22H,1H3,(H,30,34). The van der Waals surface area contributed by atoms with Crippen LogP contribution in [-0.2, 0) is 0 Å². The highest BCUT2D eigenvalue weighted by atomic mass is 35.5. The van der Waals surface area contributed by atoms with Crippen LogP contribution in [0.1, 0.15) is 24.4 Å². The maximum absolute atomic E-state index is 14.1. The summed E-state index contributed by atoms with van der Waals surface area (Å²) in [5.41, 5.74) is 1.58. The van der Waals surface area contributed by atoms with E-state index in [1.807, 2.05) is 0 Å². The van der Waals surface area contributed by atoms with Gasteiger partial charge in [0.25, 0.3) is 5.89 Å². The van der Waals surface area contributed by atoms with Gasteiger partial charge in [0, 0.05) is 22.3 Å². The Hall–Kier alpha value is -4.11. The van der Waals surface area contributed by atoms with E-state index < -0.39 is 29.5 Å². The molecule has 0 aliphatic carbocycles. The maximum Gasteiger partial charge on any atom is 0.327 e. The quantitative estimate of drug-likeness (QED) is 0.349. The number of allylic oxidation sites excluding steroid dienone is 1. The molecule has 0 saturated heterocycles. The fourth-order valence-corrected chi connectivity index (χ4v) is 4.20. The van der Waals surface area contributed by atoms with E-state index in [0.717, 1.165) is 17.0 Å². The second-order valence-electron chi connectivity index (χ2n) is 7.83. The number of anilines is 1. The summed E-state index contributed by atoms with van der Waals surface area (Å²) in [6.07, 6.45) is 0. The number of aromatic nitrogens is 2. The first-order valence-electron chi connectivity index (χ1n) is 10.4. The monoisotopic (exact) mass is 496 g/mol. The Balaban J connectivity index is 1.68. The van der Waals surface area contributed by atoms with Crippen LogP contribution >= 0.6 is 11.6 Å². The van der Waals surface area contributed by atoms with Gasteiger partial charge in [-0.05, 0) is 48.9 Å². The molecule has 35 heavy (non-hydrogen) atoms. The van der Waals surface area contributed by atoms with E-state index in [2.05, 4.69) is 15.5 Å². The van der Waals surface area contributed by atoms with Gasteiger partial charge in [-0.25, -0.2) is 18.0 Å². The van der Waals surface area contributed by atoms with Crippen LogP contribution in [0.5, 0.6) is 0 Å². The molecule has 1 aromatic heterocycles. The fraction of sp³-hybridized carbons (Fsp3) is 0.0800. The lowest BCUT2D eigenvalue weighted by atomic mass is 9.94. The number of hydrogen-bond acceptors (Lipinski definition) is 4. The molecule has 0 spiro atoms. The van der Waals surface area contributed by atoms with Crippen LogP contribution in [0, 0.1) is 17.5 Å². The molecule has 6 nitrogen and oxygen atoms in total. The normalized spacial score (nSPS) is 16.0. The molecule has 1 unspecified atom stereocenters. The molecule has 1 atom stereocenters. The highest BCUT2D eigenvalue weighted by Crippen LogP contribution is 2.39. The minimum absolute atomic E-state index is 0.0358. The second kappa shape index (κ2) is 8.92. The van der Waals surface area contributed by atoms with Gasteiger partial charge in [-0.3, -0.25) is 4.90 Å². The lowest BCUT2D eigenvalue weighted by molar-refractivity contribution is 0.244. The van der Waals surface area contributed by atoms with Gasteiger partial charge in [0.15, 0.2) is 0 Å². The number of amides is 2. The van der Waals surface area contributed by atoms with Crippen LogP contribution in [0.2, 0.25) is 5.02 Å². The molecule has 0 bridgehead atoms. The first-order chi connectivity index (χ1) is 16.8. The van der Waals surface area contributed by atoms with Crippen molar-refractivity contribution in [3.63, 3.8) is 0 Å². The summed E-state index contributed by atoms with van der Waals surface area (Å²) in [6.45, 7) is 1.58. The van der Waals surface area contributed by atoms with E-state index in [1.165, 1.54) is 18.2 Å². The van der Waals surface area contributed by atoms with E-state index in [0.29, 0.717) is 27.8 Å². The minimum atomic E-state index is -0.875. The molecule has 10 heteroatoms. The average molecular weight is 497 g/mol. The van der Waals surface area contributed by atoms with Crippen LogP contribution in [0.15, 0.2) is 77.0 Å². The lowest BCUT2D eigenvalue weighted by Gasteiger charge is -2.35. The summed E-state index contributed by atoms with van der Waals surface area (Å²) in [7, 11) is 0. The van der Waals surface area contributed by atoms with Crippen molar-refractivity contribution in [1.82, 2.24) is 15.5 Å². The third kappa shape index (κ3) is 4.38. The number of nitrogens with one attached hydrogen (secondary N) is 1. The number of carbonyl (C=O) groups excluding carboxylic acids is 1. The molecule has 1 aliphatic rings. The number of halogens is 4. The summed E-state index contributed by atoms with van der Waals surface area (Å²) in [5.74, 6) is -1.94. The van der Waals surface area contributed by atoms with Crippen molar-refractivity contribution in [3.8, 4) is 11.4 Å². The van der Waals surface area contributed by atoms with E-state index in [1.54, 1.807) is 37.3 Å². The van der Waals surface area contributed by atoms with Crippen LogP contribution in [-0.4, -0.2) is 16.2 Å². The molecule has 5 rings (SSSR count). The molecular weight excluding hydrogens is 481 g/mol. The van der Waals surface area contributed by atoms with E-state index in [-0.39, 0.29) is 23.1 Å². The predicted octanol–water partition coefficient (Wildman–Crippen LogP) is 6.51. The highest BCUT2D eigenvalue weighted by molar-refractivity contribution is 6.30. The molecule has 2 heterocycles. The Kier molecular flexibility index (Phi) is 5.78. The summed E-state index contributed by atoms with van der Waals surface area (Å²) in [4.78, 5) is 18.7. The van der Waals surface area contributed by atoms with Crippen LogP contribution < -0.4 is 10.2 Å². The summed E-state index contributed by atoms with van der Waals surface area (Å²) in [5, 5.41) is 7.25. The first-order valence-corrected chi connectivity index (χ1v) is 10.8. The van der Waals surface area contributed by atoms with Crippen LogP contribution in [0.25, 0.3) is 17.0 Å². The zero-order chi connectivity index (χ0) is 24.7.